The van der Waals surface area contributed by atoms with Gasteiger partial charge in [-0.25, -0.2) is 0 Å². The Morgan fingerprint density at radius 2 is 1.68 bits per heavy atom. The highest BCUT2D eigenvalue weighted by Crippen LogP contribution is 2.34. The summed E-state index contributed by atoms with van der Waals surface area (Å²) in [6.45, 7) is 5.45. The molecule has 1 amide bonds. The summed E-state index contributed by atoms with van der Waals surface area (Å²) in [4.78, 5) is 28.2. The van der Waals surface area contributed by atoms with Crippen molar-refractivity contribution in [2.24, 2.45) is 0 Å². The second kappa shape index (κ2) is 7.90. The van der Waals surface area contributed by atoms with Crippen molar-refractivity contribution in [2.75, 3.05) is 49.7 Å². The zero-order valence-electron chi connectivity index (χ0n) is 15.8. The van der Waals surface area contributed by atoms with E-state index in [9.17, 15) is 9.59 Å². The molecule has 28 heavy (non-hydrogen) atoms. The van der Waals surface area contributed by atoms with Crippen LogP contribution in [0.15, 0.2) is 42.5 Å². The van der Waals surface area contributed by atoms with Gasteiger partial charge in [-0.1, -0.05) is 0 Å². The van der Waals surface area contributed by atoms with Crippen LogP contribution in [0.1, 0.15) is 17.3 Å². The van der Waals surface area contributed by atoms with Gasteiger partial charge in [0.05, 0.1) is 6.54 Å². The summed E-state index contributed by atoms with van der Waals surface area (Å²) in [6, 6.07) is 13.1. The fourth-order valence-electron chi connectivity index (χ4n) is 3.45. The number of carbonyl (C=O) groups is 2. The zero-order valence-corrected chi connectivity index (χ0v) is 15.8. The lowest BCUT2D eigenvalue weighted by atomic mass is 10.1. The normalized spacial score (nSPS) is 16.1. The van der Waals surface area contributed by atoms with Gasteiger partial charge < -0.3 is 19.7 Å². The molecule has 0 spiro atoms. The quantitative estimate of drug-likeness (QED) is 0.802. The second-order valence-corrected chi connectivity index (χ2v) is 6.98. The minimum Gasteiger partial charge on any atom is -0.454 e. The molecule has 1 N–H and O–H groups in total. The minimum absolute atomic E-state index is 0.0434. The summed E-state index contributed by atoms with van der Waals surface area (Å²) in [5, 5.41) is 2.92. The summed E-state index contributed by atoms with van der Waals surface area (Å²) in [7, 11) is 0. The number of Topliss-reactive ketones (excluding diaryl/α,β-unsaturated/α-hetero) is 1. The molecular weight excluding hydrogens is 358 g/mol. The fraction of sp³-hybridized carbons (Fsp3) is 0.333. The predicted octanol–water partition coefficient (Wildman–Crippen LogP) is 2.38. The first-order chi connectivity index (χ1) is 13.6. The maximum absolute atomic E-state index is 12.4. The van der Waals surface area contributed by atoms with Crippen LogP contribution in [0.5, 0.6) is 11.5 Å². The van der Waals surface area contributed by atoms with Gasteiger partial charge in [-0.2, -0.15) is 0 Å². The topological polar surface area (TPSA) is 71.1 Å². The molecule has 0 aliphatic carbocycles. The van der Waals surface area contributed by atoms with E-state index in [1.165, 1.54) is 0 Å². The SMILES string of the molecule is CC(=O)c1ccc(N2CCN(CC(=O)Nc3ccc4c(c3)OCO4)CC2)cc1. The minimum atomic E-state index is -0.0434. The first-order valence-electron chi connectivity index (χ1n) is 9.36. The highest BCUT2D eigenvalue weighted by molar-refractivity contribution is 5.94. The number of hydrogen-bond acceptors (Lipinski definition) is 6. The van der Waals surface area contributed by atoms with Crippen molar-refractivity contribution < 1.29 is 19.1 Å². The van der Waals surface area contributed by atoms with Crippen LogP contribution < -0.4 is 19.7 Å². The molecule has 0 bridgehead atoms. The van der Waals surface area contributed by atoms with Crippen molar-refractivity contribution in [3.63, 3.8) is 0 Å². The lowest BCUT2D eigenvalue weighted by molar-refractivity contribution is -0.117. The Morgan fingerprint density at radius 1 is 0.964 bits per heavy atom. The van der Waals surface area contributed by atoms with Gasteiger partial charge in [-0.15, -0.1) is 0 Å². The van der Waals surface area contributed by atoms with Gasteiger partial charge in [0.25, 0.3) is 0 Å². The summed E-state index contributed by atoms with van der Waals surface area (Å²) in [5.74, 6) is 1.38. The number of piperazine rings is 1. The Bertz CT molecular complexity index is 874. The lowest BCUT2D eigenvalue weighted by Gasteiger charge is -2.35. The summed E-state index contributed by atoms with van der Waals surface area (Å²) in [5.41, 5.74) is 2.54. The Hall–Kier alpha value is -3.06. The maximum Gasteiger partial charge on any atom is 0.238 e. The summed E-state index contributed by atoms with van der Waals surface area (Å²) in [6.07, 6.45) is 0. The van der Waals surface area contributed by atoms with Crippen LogP contribution in [0, 0.1) is 0 Å². The first-order valence-corrected chi connectivity index (χ1v) is 9.36. The third-order valence-corrected chi connectivity index (χ3v) is 5.03. The lowest BCUT2D eigenvalue weighted by Crippen LogP contribution is -2.48. The predicted molar refractivity (Wildman–Crippen MR) is 106 cm³/mol. The number of nitrogens with zero attached hydrogens (tertiary/aromatic N) is 2. The molecule has 2 aliphatic rings. The third kappa shape index (κ3) is 4.09. The molecule has 0 atom stereocenters. The molecule has 2 heterocycles. The van der Waals surface area contributed by atoms with E-state index in [1.807, 2.05) is 30.3 Å². The average Bonchev–Trinajstić information content (AvgIpc) is 3.16. The highest BCUT2D eigenvalue weighted by Gasteiger charge is 2.20. The third-order valence-electron chi connectivity index (χ3n) is 5.03. The number of carbonyl (C=O) groups excluding carboxylic acids is 2. The second-order valence-electron chi connectivity index (χ2n) is 6.98. The molecule has 1 saturated heterocycles. The number of ether oxygens (including phenoxy) is 2. The molecule has 0 radical (unpaired) electrons. The fourth-order valence-corrected chi connectivity index (χ4v) is 3.45. The largest absolute Gasteiger partial charge is 0.454 e. The van der Waals surface area contributed by atoms with Gasteiger partial charge in [-0.3, -0.25) is 14.5 Å². The number of hydrogen-bond donors (Lipinski definition) is 1. The molecular formula is C21H23N3O4. The number of rotatable bonds is 5. The molecule has 4 rings (SSSR count). The first kappa shape index (κ1) is 18.3. The van der Waals surface area contributed by atoms with E-state index in [0.29, 0.717) is 23.7 Å². The molecule has 7 heteroatoms. The van der Waals surface area contributed by atoms with Crippen molar-refractivity contribution in [3.05, 3.63) is 48.0 Å². The number of ketones is 1. The Morgan fingerprint density at radius 3 is 2.39 bits per heavy atom. The number of amides is 1. The number of fused-ring (bicyclic) bond motifs is 1. The summed E-state index contributed by atoms with van der Waals surface area (Å²) >= 11 is 0. The van der Waals surface area contributed by atoms with Crippen LogP contribution in [0.4, 0.5) is 11.4 Å². The van der Waals surface area contributed by atoms with E-state index < -0.39 is 0 Å². The van der Waals surface area contributed by atoms with Gasteiger partial charge in [0.2, 0.25) is 12.7 Å². The van der Waals surface area contributed by atoms with E-state index in [0.717, 1.165) is 37.4 Å². The van der Waals surface area contributed by atoms with Crippen molar-refractivity contribution in [2.45, 2.75) is 6.92 Å². The van der Waals surface area contributed by atoms with Gasteiger partial charge in [-0.05, 0) is 43.3 Å². The molecule has 1 fully saturated rings. The van der Waals surface area contributed by atoms with E-state index in [2.05, 4.69) is 15.1 Å². The smallest absolute Gasteiger partial charge is 0.238 e. The molecule has 2 aromatic carbocycles. The molecule has 7 nitrogen and oxygen atoms in total. The maximum atomic E-state index is 12.4. The Balaban J connectivity index is 1.27. The standard InChI is InChI=1S/C21H23N3O4/c1-15(25)16-2-5-18(6-3-16)24-10-8-23(9-11-24)13-21(26)22-17-4-7-19-20(12-17)28-14-27-19/h2-7,12H,8-11,13-14H2,1H3,(H,22,26). The number of nitrogens with one attached hydrogen (secondary N) is 1. The molecule has 0 aromatic heterocycles. The van der Waals surface area contributed by atoms with Gasteiger partial charge in [0, 0.05) is 49.2 Å². The summed E-state index contributed by atoms with van der Waals surface area (Å²) < 4.78 is 10.6. The van der Waals surface area contributed by atoms with Gasteiger partial charge in [0.1, 0.15) is 0 Å². The molecule has 2 aromatic rings. The van der Waals surface area contributed by atoms with Crippen molar-refractivity contribution in [3.8, 4) is 11.5 Å². The van der Waals surface area contributed by atoms with Crippen molar-refractivity contribution in [1.29, 1.82) is 0 Å². The number of benzene rings is 2. The Labute approximate surface area is 163 Å². The van der Waals surface area contributed by atoms with Crippen LogP contribution >= 0.6 is 0 Å². The zero-order chi connectivity index (χ0) is 19.5. The number of anilines is 2. The molecule has 0 unspecified atom stereocenters. The average molecular weight is 381 g/mol. The van der Waals surface area contributed by atoms with E-state index in [1.54, 1.807) is 19.1 Å². The molecule has 2 aliphatic heterocycles. The molecule has 146 valence electrons. The monoisotopic (exact) mass is 381 g/mol. The Kier molecular flexibility index (Phi) is 5.16. The van der Waals surface area contributed by atoms with Crippen LogP contribution in [-0.2, 0) is 4.79 Å². The van der Waals surface area contributed by atoms with Crippen LogP contribution in [-0.4, -0.2) is 56.1 Å². The van der Waals surface area contributed by atoms with Crippen molar-refractivity contribution >= 4 is 23.1 Å². The van der Waals surface area contributed by atoms with Crippen molar-refractivity contribution in [1.82, 2.24) is 4.90 Å². The van der Waals surface area contributed by atoms with Crippen LogP contribution in [0.25, 0.3) is 0 Å². The van der Waals surface area contributed by atoms with Crippen LogP contribution in [0.3, 0.4) is 0 Å². The van der Waals surface area contributed by atoms with Gasteiger partial charge >= 0.3 is 0 Å². The van der Waals surface area contributed by atoms with E-state index in [4.69, 9.17) is 9.47 Å². The van der Waals surface area contributed by atoms with E-state index in [-0.39, 0.29) is 18.5 Å². The molecule has 0 saturated carbocycles. The van der Waals surface area contributed by atoms with Crippen LogP contribution in [0.2, 0.25) is 0 Å². The van der Waals surface area contributed by atoms with Gasteiger partial charge in [0.15, 0.2) is 17.3 Å². The highest BCUT2D eigenvalue weighted by atomic mass is 16.7. The van der Waals surface area contributed by atoms with E-state index >= 15 is 0 Å².